The third-order valence-corrected chi connectivity index (χ3v) is 3.55. The second kappa shape index (κ2) is 6.51. The molecule has 26 heavy (non-hydrogen) atoms. The van der Waals surface area contributed by atoms with E-state index >= 15 is 0 Å². The minimum Gasteiger partial charge on any atom is -0.329 e. The van der Waals surface area contributed by atoms with E-state index in [1.165, 1.54) is 29.2 Å². The molecule has 3 aromatic rings. The van der Waals surface area contributed by atoms with E-state index in [-0.39, 0.29) is 16.9 Å². The number of nitrogens with one attached hydrogen (secondary N) is 2. The van der Waals surface area contributed by atoms with Crippen molar-refractivity contribution in [2.75, 3.05) is 5.32 Å². The lowest BCUT2D eigenvalue weighted by atomic mass is 10.1. The fraction of sp³-hybridized carbons (Fsp3) is 0.118. The average molecular weight is 362 g/mol. The first kappa shape index (κ1) is 17.5. The van der Waals surface area contributed by atoms with Gasteiger partial charge in [-0.3, -0.25) is 9.59 Å². The SMILES string of the molecule is Cc1cn(-c2cc(NC(=O)c3cc[nH]c(=O)c3)cc(C(F)(F)F)c2)cn1. The van der Waals surface area contributed by atoms with Crippen molar-refractivity contribution in [2.45, 2.75) is 13.1 Å². The minimum absolute atomic E-state index is 0.0335. The Hall–Kier alpha value is -3.36. The number of anilines is 1. The third kappa shape index (κ3) is 3.82. The highest BCUT2D eigenvalue weighted by Gasteiger charge is 2.31. The quantitative estimate of drug-likeness (QED) is 0.751. The monoisotopic (exact) mass is 362 g/mol. The highest BCUT2D eigenvalue weighted by atomic mass is 19.4. The Morgan fingerprint density at radius 1 is 1.23 bits per heavy atom. The number of aromatic amines is 1. The maximum Gasteiger partial charge on any atom is 0.416 e. The summed E-state index contributed by atoms with van der Waals surface area (Å²) in [7, 11) is 0. The van der Waals surface area contributed by atoms with Crippen molar-refractivity contribution in [3.8, 4) is 5.69 Å². The standard InChI is InChI=1S/C17H13F3N4O2/c1-10-8-24(9-22-10)14-6-12(17(18,19)20)5-13(7-14)23-16(26)11-2-3-21-15(25)4-11/h2-9H,1H3,(H,21,25)(H,23,26). The number of hydrogen-bond donors (Lipinski definition) is 2. The van der Waals surface area contributed by atoms with Gasteiger partial charge >= 0.3 is 6.18 Å². The Morgan fingerprint density at radius 3 is 2.62 bits per heavy atom. The van der Waals surface area contributed by atoms with Gasteiger partial charge in [-0.2, -0.15) is 13.2 Å². The van der Waals surface area contributed by atoms with E-state index in [2.05, 4.69) is 15.3 Å². The van der Waals surface area contributed by atoms with Gasteiger partial charge in [0.05, 0.1) is 17.6 Å². The second-order valence-corrected chi connectivity index (χ2v) is 5.58. The van der Waals surface area contributed by atoms with Crippen LogP contribution < -0.4 is 10.9 Å². The first-order chi connectivity index (χ1) is 12.2. The smallest absolute Gasteiger partial charge is 0.329 e. The molecule has 0 aliphatic carbocycles. The Labute approximate surface area is 145 Å². The lowest BCUT2D eigenvalue weighted by Gasteiger charge is -2.13. The molecule has 0 radical (unpaired) electrons. The van der Waals surface area contributed by atoms with Crippen molar-refractivity contribution in [1.29, 1.82) is 0 Å². The van der Waals surface area contributed by atoms with Crippen LogP contribution in [-0.4, -0.2) is 20.4 Å². The molecule has 134 valence electrons. The zero-order chi connectivity index (χ0) is 18.9. The molecule has 3 rings (SSSR count). The number of carbonyl (C=O) groups is 1. The van der Waals surface area contributed by atoms with Crippen LogP contribution in [0.1, 0.15) is 21.6 Å². The predicted molar refractivity (Wildman–Crippen MR) is 88.3 cm³/mol. The number of nitrogens with zero attached hydrogens (tertiary/aromatic N) is 2. The number of imidazole rings is 1. The molecule has 0 aliphatic heterocycles. The number of hydrogen-bond acceptors (Lipinski definition) is 3. The number of amides is 1. The van der Waals surface area contributed by atoms with Crippen molar-refractivity contribution in [3.63, 3.8) is 0 Å². The topological polar surface area (TPSA) is 79.8 Å². The van der Waals surface area contributed by atoms with Crippen LogP contribution in [0.3, 0.4) is 0 Å². The molecule has 0 spiro atoms. The molecule has 0 saturated heterocycles. The van der Waals surface area contributed by atoms with E-state index in [1.807, 2.05) is 0 Å². The zero-order valence-electron chi connectivity index (χ0n) is 13.5. The summed E-state index contributed by atoms with van der Waals surface area (Å²) in [6.45, 7) is 1.71. The van der Waals surface area contributed by atoms with E-state index in [1.54, 1.807) is 13.1 Å². The molecule has 1 aromatic carbocycles. The number of benzene rings is 1. The summed E-state index contributed by atoms with van der Waals surface area (Å²) < 4.78 is 41.0. The van der Waals surface area contributed by atoms with Gasteiger partial charge in [-0.1, -0.05) is 0 Å². The minimum atomic E-state index is -4.59. The predicted octanol–water partition coefficient (Wildman–Crippen LogP) is 3.14. The van der Waals surface area contributed by atoms with Crippen LogP contribution in [0.5, 0.6) is 0 Å². The summed E-state index contributed by atoms with van der Waals surface area (Å²) in [5, 5.41) is 2.39. The number of aryl methyl sites for hydroxylation is 1. The van der Waals surface area contributed by atoms with Crippen molar-refractivity contribution >= 4 is 11.6 Å². The second-order valence-electron chi connectivity index (χ2n) is 5.58. The van der Waals surface area contributed by atoms with E-state index in [0.29, 0.717) is 5.69 Å². The number of aromatic nitrogens is 3. The fourth-order valence-electron chi connectivity index (χ4n) is 2.35. The molecular formula is C17H13F3N4O2. The molecule has 0 bridgehead atoms. The molecule has 0 unspecified atom stereocenters. The largest absolute Gasteiger partial charge is 0.416 e. The van der Waals surface area contributed by atoms with Gasteiger partial charge in [0.25, 0.3) is 5.91 Å². The van der Waals surface area contributed by atoms with E-state index in [4.69, 9.17) is 0 Å². The maximum atomic E-state index is 13.2. The Morgan fingerprint density at radius 2 is 2.00 bits per heavy atom. The van der Waals surface area contributed by atoms with Crippen molar-refractivity contribution in [2.24, 2.45) is 0 Å². The number of carbonyl (C=O) groups excluding carboxylic acids is 1. The van der Waals surface area contributed by atoms with Crippen LogP contribution in [0, 0.1) is 6.92 Å². The number of pyridine rings is 1. The van der Waals surface area contributed by atoms with Gasteiger partial charge in [0, 0.05) is 35.4 Å². The van der Waals surface area contributed by atoms with Crippen molar-refractivity contribution in [1.82, 2.24) is 14.5 Å². The van der Waals surface area contributed by atoms with E-state index in [0.717, 1.165) is 18.2 Å². The van der Waals surface area contributed by atoms with Crippen LogP contribution in [0.25, 0.3) is 5.69 Å². The summed E-state index contributed by atoms with van der Waals surface area (Å²) in [5.41, 5.74) is -0.588. The summed E-state index contributed by atoms with van der Waals surface area (Å²) >= 11 is 0. The van der Waals surface area contributed by atoms with Crippen LogP contribution in [0.15, 0.2) is 53.8 Å². The zero-order valence-corrected chi connectivity index (χ0v) is 13.5. The first-order valence-corrected chi connectivity index (χ1v) is 7.46. The lowest BCUT2D eigenvalue weighted by Crippen LogP contribution is -2.16. The van der Waals surface area contributed by atoms with Crippen LogP contribution >= 0.6 is 0 Å². The molecular weight excluding hydrogens is 349 g/mol. The highest BCUT2D eigenvalue weighted by Crippen LogP contribution is 2.33. The van der Waals surface area contributed by atoms with Gasteiger partial charge in [0.1, 0.15) is 0 Å². The Balaban J connectivity index is 2.00. The normalized spacial score (nSPS) is 11.4. The van der Waals surface area contributed by atoms with Gasteiger partial charge in [-0.15, -0.1) is 0 Å². The number of alkyl halides is 3. The van der Waals surface area contributed by atoms with Gasteiger partial charge < -0.3 is 14.9 Å². The summed E-state index contributed by atoms with van der Waals surface area (Å²) in [4.78, 5) is 29.8. The number of rotatable bonds is 3. The van der Waals surface area contributed by atoms with E-state index in [9.17, 15) is 22.8 Å². The molecule has 2 aromatic heterocycles. The van der Waals surface area contributed by atoms with Gasteiger partial charge in [0.15, 0.2) is 0 Å². The molecule has 1 amide bonds. The molecule has 0 fully saturated rings. The summed E-state index contributed by atoms with van der Waals surface area (Å²) in [5.74, 6) is -0.691. The van der Waals surface area contributed by atoms with Crippen molar-refractivity contribution < 1.29 is 18.0 Å². The molecule has 2 heterocycles. The highest BCUT2D eigenvalue weighted by molar-refractivity contribution is 6.04. The van der Waals surface area contributed by atoms with E-state index < -0.39 is 23.2 Å². The van der Waals surface area contributed by atoms with Gasteiger partial charge in [0.2, 0.25) is 5.56 Å². The number of H-pyrrole nitrogens is 1. The van der Waals surface area contributed by atoms with Gasteiger partial charge in [-0.25, -0.2) is 4.98 Å². The average Bonchev–Trinajstić information content (AvgIpc) is 3.00. The van der Waals surface area contributed by atoms with Crippen molar-refractivity contribution in [3.05, 3.63) is 76.2 Å². The van der Waals surface area contributed by atoms with Crippen LogP contribution in [0.4, 0.5) is 18.9 Å². The Bertz CT molecular complexity index is 1020. The lowest BCUT2D eigenvalue weighted by molar-refractivity contribution is -0.137. The fourth-order valence-corrected chi connectivity index (χ4v) is 2.35. The van der Waals surface area contributed by atoms with Gasteiger partial charge in [-0.05, 0) is 31.2 Å². The number of halogens is 3. The van der Waals surface area contributed by atoms with Crippen LogP contribution in [-0.2, 0) is 6.18 Å². The molecule has 2 N–H and O–H groups in total. The van der Waals surface area contributed by atoms with Crippen LogP contribution in [0.2, 0.25) is 0 Å². The third-order valence-electron chi connectivity index (χ3n) is 3.55. The summed E-state index contributed by atoms with van der Waals surface area (Å²) in [6.07, 6.45) is -0.358. The molecule has 0 atom stereocenters. The maximum absolute atomic E-state index is 13.2. The molecule has 0 aliphatic rings. The molecule has 9 heteroatoms. The summed E-state index contributed by atoms with van der Waals surface area (Å²) in [6, 6.07) is 5.59. The Kier molecular flexibility index (Phi) is 4.37. The molecule has 6 nitrogen and oxygen atoms in total. The first-order valence-electron chi connectivity index (χ1n) is 7.46. The molecule has 0 saturated carbocycles.